The summed E-state index contributed by atoms with van der Waals surface area (Å²) in [5.74, 6) is 1.14. The molecule has 1 heterocycles. The maximum Gasteiger partial charge on any atom is 0.254 e. The predicted molar refractivity (Wildman–Crippen MR) is 85.6 cm³/mol. The monoisotopic (exact) mass is 286 g/mol. The Balaban J connectivity index is 1.55. The van der Waals surface area contributed by atoms with Crippen molar-refractivity contribution in [2.24, 2.45) is 5.92 Å². The van der Waals surface area contributed by atoms with Gasteiger partial charge < -0.3 is 10.2 Å². The molecule has 1 aliphatic carbocycles. The van der Waals surface area contributed by atoms with Gasteiger partial charge in [-0.05, 0) is 63.6 Å². The molecule has 1 saturated heterocycles. The van der Waals surface area contributed by atoms with Crippen LogP contribution in [0.2, 0.25) is 0 Å². The molecule has 1 saturated carbocycles. The fourth-order valence-electron chi connectivity index (χ4n) is 3.08. The van der Waals surface area contributed by atoms with Crippen molar-refractivity contribution < 1.29 is 4.79 Å². The van der Waals surface area contributed by atoms with Gasteiger partial charge in [0.25, 0.3) is 5.91 Å². The molecule has 1 N–H and O–H groups in total. The minimum Gasteiger partial charge on any atom is -0.339 e. The van der Waals surface area contributed by atoms with Crippen LogP contribution in [0.1, 0.15) is 47.2 Å². The highest BCUT2D eigenvalue weighted by Gasteiger charge is 2.26. The number of piperidine rings is 1. The smallest absolute Gasteiger partial charge is 0.254 e. The van der Waals surface area contributed by atoms with E-state index in [0.717, 1.165) is 48.5 Å². The van der Waals surface area contributed by atoms with Crippen LogP contribution in [-0.4, -0.2) is 36.5 Å². The Labute approximate surface area is 127 Å². The Morgan fingerprint density at radius 1 is 1.19 bits per heavy atom. The van der Waals surface area contributed by atoms with Crippen LogP contribution in [0.25, 0.3) is 0 Å². The highest BCUT2D eigenvalue weighted by molar-refractivity contribution is 5.95. The average molecular weight is 286 g/mol. The lowest BCUT2D eigenvalue weighted by Gasteiger charge is -2.33. The molecule has 0 bridgehead atoms. The van der Waals surface area contributed by atoms with Crippen molar-refractivity contribution in [2.45, 2.75) is 45.6 Å². The van der Waals surface area contributed by atoms with E-state index in [4.69, 9.17) is 0 Å². The van der Waals surface area contributed by atoms with Crippen LogP contribution in [0.4, 0.5) is 0 Å². The van der Waals surface area contributed by atoms with Crippen molar-refractivity contribution in [3.63, 3.8) is 0 Å². The molecule has 0 unspecified atom stereocenters. The van der Waals surface area contributed by atoms with Crippen LogP contribution >= 0.6 is 0 Å². The number of rotatable bonds is 4. The lowest BCUT2D eigenvalue weighted by Crippen LogP contribution is -2.45. The van der Waals surface area contributed by atoms with Gasteiger partial charge in [0.05, 0.1) is 0 Å². The van der Waals surface area contributed by atoms with Crippen molar-refractivity contribution in [1.29, 1.82) is 0 Å². The molecule has 0 radical (unpaired) electrons. The summed E-state index contributed by atoms with van der Waals surface area (Å²) < 4.78 is 0. The van der Waals surface area contributed by atoms with Gasteiger partial charge in [-0.25, -0.2) is 0 Å². The van der Waals surface area contributed by atoms with Gasteiger partial charge >= 0.3 is 0 Å². The number of nitrogens with zero attached hydrogens (tertiary/aromatic N) is 1. The molecule has 0 aromatic heterocycles. The SMILES string of the molecule is Cc1ccc(C)c(C(=O)N2CCC(NCC3CC3)CC2)c1. The summed E-state index contributed by atoms with van der Waals surface area (Å²) >= 11 is 0. The first-order valence-electron chi connectivity index (χ1n) is 8.23. The zero-order valence-electron chi connectivity index (χ0n) is 13.2. The first kappa shape index (κ1) is 14.6. The quantitative estimate of drug-likeness (QED) is 0.923. The Hall–Kier alpha value is -1.35. The number of carbonyl (C=O) groups excluding carboxylic acids is 1. The van der Waals surface area contributed by atoms with Crippen molar-refractivity contribution in [3.8, 4) is 0 Å². The molecule has 3 rings (SSSR count). The maximum atomic E-state index is 12.7. The summed E-state index contributed by atoms with van der Waals surface area (Å²) in [6.45, 7) is 7.01. The van der Waals surface area contributed by atoms with E-state index in [2.05, 4.69) is 11.4 Å². The van der Waals surface area contributed by atoms with Gasteiger partial charge in [0.1, 0.15) is 0 Å². The van der Waals surface area contributed by atoms with Crippen molar-refractivity contribution in [2.75, 3.05) is 19.6 Å². The van der Waals surface area contributed by atoms with Crippen LogP contribution in [0.15, 0.2) is 18.2 Å². The van der Waals surface area contributed by atoms with Crippen molar-refractivity contribution >= 4 is 5.91 Å². The second-order valence-electron chi connectivity index (χ2n) is 6.74. The minimum atomic E-state index is 0.205. The van der Waals surface area contributed by atoms with Gasteiger partial charge in [-0.1, -0.05) is 17.7 Å². The maximum absolute atomic E-state index is 12.7. The number of likely N-dealkylation sites (tertiary alicyclic amines) is 1. The van der Waals surface area contributed by atoms with Gasteiger partial charge in [0.15, 0.2) is 0 Å². The third-order valence-electron chi connectivity index (χ3n) is 4.80. The summed E-state index contributed by atoms with van der Waals surface area (Å²) in [5.41, 5.74) is 3.11. The summed E-state index contributed by atoms with van der Waals surface area (Å²) in [4.78, 5) is 14.7. The average Bonchev–Trinajstić information content (AvgIpc) is 3.32. The van der Waals surface area contributed by atoms with E-state index in [9.17, 15) is 4.79 Å². The van der Waals surface area contributed by atoms with E-state index in [-0.39, 0.29) is 5.91 Å². The number of hydrogen-bond donors (Lipinski definition) is 1. The molecule has 0 atom stereocenters. The standard InChI is InChI=1S/C18H26N2O/c1-13-3-4-14(2)17(11-13)18(21)20-9-7-16(8-10-20)19-12-15-5-6-15/h3-4,11,15-16,19H,5-10,12H2,1-2H3. The molecule has 21 heavy (non-hydrogen) atoms. The molecule has 2 fully saturated rings. The Bertz CT molecular complexity index is 514. The van der Waals surface area contributed by atoms with Crippen LogP contribution in [0.3, 0.4) is 0 Å². The zero-order valence-corrected chi connectivity index (χ0v) is 13.2. The van der Waals surface area contributed by atoms with E-state index in [0.29, 0.717) is 6.04 Å². The molecule has 1 aromatic carbocycles. The topological polar surface area (TPSA) is 32.3 Å². The molecule has 3 nitrogen and oxygen atoms in total. The van der Waals surface area contributed by atoms with E-state index >= 15 is 0 Å². The number of benzene rings is 1. The van der Waals surface area contributed by atoms with Gasteiger partial charge in [-0.3, -0.25) is 4.79 Å². The number of nitrogens with one attached hydrogen (secondary N) is 1. The van der Waals surface area contributed by atoms with Crippen LogP contribution < -0.4 is 5.32 Å². The highest BCUT2D eigenvalue weighted by atomic mass is 16.2. The Morgan fingerprint density at radius 2 is 1.90 bits per heavy atom. The zero-order chi connectivity index (χ0) is 14.8. The van der Waals surface area contributed by atoms with Crippen LogP contribution in [0.5, 0.6) is 0 Å². The molecule has 3 heteroatoms. The molecule has 1 amide bonds. The second kappa shape index (κ2) is 6.18. The molecule has 2 aliphatic rings. The highest BCUT2D eigenvalue weighted by Crippen LogP contribution is 2.28. The van der Waals surface area contributed by atoms with Crippen molar-refractivity contribution in [1.82, 2.24) is 10.2 Å². The second-order valence-corrected chi connectivity index (χ2v) is 6.74. The summed E-state index contributed by atoms with van der Waals surface area (Å²) in [5, 5.41) is 3.67. The normalized spacial score (nSPS) is 19.8. The largest absolute Gasteiger partial charge is 0.339 e. The van der Waals surface area contributed by atoms with Gasteiger partial charge in [0, 0.05) is 24.7 Å². The molecule has 1 aromatic rings. The Kier molecular flexibility index (Phi) is 4.29. The lowest BCUT2D eigenvalue weighted by atomic mass is 10.0. The number of aryl methyl sites for hydroxylation is 2. The van der Waals surface area contributed by atoms with Crippen LogP contribution in [0, 0.1) is 19.8 Å². The van der Waals surface area contributed by atoms with E-state index in [1.807, 2.05) is 30.9 Å². The molecule has 114 valence electrons. The molecular weight excluding hydrogens is 260 g/mol. The fraction of sp³-hybridized carbons (Fsp3) is 0.611. The van der Waals surface area contributed by atoms with Gasteiger partial charge in [-0.15, -0.1) is 0 Å². The van der Waals surface area contributed by atoms with E-state index in [1.54, 1.807) is 0 Å². The van der Waals surface area contributed by atoms with Gasteiger partial charge in [-0.2, -0.15) is 0 Å². The predicted octanol–water partition coefficient (Wildman–Crippen LogP) is 2.91. The summed E-state index contributed by atoms with van der Waals surface area (Å²) in [6, 6.07) is 6.75. The summed E-state index contributed by atoms with van der Waals surface area (Å²) in [6.07, 6.45) is 4.97. The number of carbonyl (C=O) groups is 1. The first-order chi connectivity index (χ1) is 10.1. The minimum absolute atomic E-state index is 0.205. The molecule has 1 aliphatic heterocycles. The van der Waals surface area contributed by atoms with Crippen LogP contribution in [-0.2, 0) is 0 Å². The number of hydrogen-bond acceptors (Lipinski definition) is 2. The van der Waals surface area contributed by atoms with Gasteiger partial charge in [0.2, 0.25) is 0 Å². The first-order valence-corrected chi connectivity index (χ1v) is 8.23. The number of amides is 1. The van der Waals surface area contributed by atoms with E-state index < -0.39 is 0 Å². The molecule has 0 spiro atoms. The third kappa shape index (κ3) is 3.65. The lowest BCUT2D eigenvalue weighted by molar-refractivity contribution is 0.0704. The van der Waals surface area contributed by atoms with E-state index in [1.165, 1.54) is 19.4 Å². The van der Waals surface area contributed by atoms with Crippen molar-refractivity contribution in [3.05, 3.63) is 34.9 Å². The Morgan fingerprint density at radius 3 is 2.57 bits per heavy atom. The molecular formula is C18H26N2O. The third-order valence-corrected chi connectivity index (χ3v) is 4.80. The summed E-state index contributed by atoms with van der Waals surface area (Å²) in [7, 11) is 0. The fourth-order valence-corrected chi connectivity index (χ4v) is 3.08.